The molecule has 7 aromatic heterocycles. The van der Waals surface area contributed by atoms with Crippen molar-refractivity contribution in [2.24, 2.45) is 0 Å². The van der Waals surface area contributed by atoms with Crippen molar-refractivity contribution in [3.63, 3.8) is 0 Å². The van der Waals surface area contributed by atoms with Gasteiger partial charge in [-0.15, -0.1) is 0 Å². The zero-order chi connectivity index (χ0) is 67.1. The molecule has 0 amide bonds. The first-order valence-electron chi connectivity index (χ1n) is 32.8. The van der Waals surface area contributed by atoms with Crippen molar-refractivity contribution >= 4 is 0 Å². The SMILES string of the molecule is Cc1nc(-c2ccc(-c3ccncc3)cc2)cc(-c2cc(-c3ccccc3)cc(-c3ccccc3)c2)n1.Cc1nc(-c2ccc(-c3ccncc3)cc2)cc(-c2ccc(-c3ccncc3)cc2)n1.Cc1nc(-c2ccc(-c3ccncc3)cc2)cc(-c2cccc(-c3ccccc3)c2)n1. The molecule has 16 rings (SSSR count). The minimum Gasteiger partial charge on any atom is -0.265 e. The van der Waals surface area contributed by atoms with Gasteiger partial charge in [0, 0.05) is 83.0 Å². The molecule has 472 valence electrons. The Labute approximate surface area is 577 Å². The molecule has 0 saturated heterocycles. The van der Waals surface area contributed by atoms with Crippen LogP contribution in [0, 0.1) is 20.8 Å². The summed E-state index contributed by atoms with van der Waals surface area (Å²) in [5.74, 6) is 2.26. The standard InChI is InChI=1S/C34H25N3.C28H21N3.C27H20N4/c1-24-36-33(29-14-12-27(13-15-29)28-16-18-35-19-17-28)23-34(37-24)32-21-30(25-8-4-2-5-9-25)20-31(22-32)26-10-6-3-7-11-26;1-20-30-27(24-12-10-22(11-13-24)23-14-16-29-17-15-23)19-28(31-20)26-9-5-8-25(18-26)21-6-3-2-4-7-21;1-19-30-26(24-6-2-20(3-7-24)22-10-14-28-15-11-22)18-27(31-19)25-8-4-21(5-9-25)23-12-16-29-17-13-23/h2-23H,1H3;2-19H,1H3;2-18H,1H3. The van der Waals surface area contributed by atoms with Gasteiger partial charge in [0.15, 0.2) is 0 Å². The van der Waals surface area contributed by atoms with E-state index in [0.717, 1.165) is 141 Å². The average molecular weight is 1280 g/mol. The van der Waals surface area contributed by atoms with Gasteiger partial charge in [-0.3, -0.25) is 19.9 Å². The Morgan fingerprint density at radius 2 is 0.333 bits per heavy atom. The van der Waals surface area contributed by atoms with E-state index in [1.54, 1.807) is 0 Å². The van der Waals surface area contributed by atoms with E-state index in [1.165, 1.54) is 22.3 Å². The molecule has 10 heteroatoms. The predicted molar refractivity (Wildman–Crippen MR) is 402 cm³/mol. The summed E-state index contributed by atoms with van der Waals surface area (Å²) in [5.41, 5.74) is 28.2. The zero-order valence-electron chi connectivity index (χ0n) is 54.9. The van der Waals surface area contributed by atoms with Crippen LogP contribution in [0.5, 0.6) is 0 Å². The highest BCUT2D eigenvalue weighted by atomic mass is 14.9. The lowest BCUT2D eigenvalue weighted by molar-refractivity contribution is 1.06. The number of hydrogen-bond acceptors (Lipinski definition) is 10. The fraction of sp³-hybridized carbons (Fsp3) is 0.0337. The molecule has 0 N–H and O–H groups in total. The van der Waals surface area contributed by atoms with E-state index in [2.05, 4.69) is 260 Å². The van der Waals surface area contributed by atoms with Gasteiger partial charge in [0.1, 0.15) is 17.5 Å². The summed E-state index contributed by atoms with van der Waals surface area (Å²) in [7, 11) is 0. The Balaban J connectivity index is 0.000000127. The topological polar surface area (TPSA) is 129 Å². The molecule has 0 aliphatic heterocycles. The van der Waals surface area contributed by atoms with E-state index in [4.69, 9.17) is 19.9 Å². The molecule has 0 aliphatic carbocycles. The van der Waals surface area contributed by atoms with Crippen LogP contribution in [0.4, 0.5) is 0 Å². The molecule has 0 atom stereocenters. The van der Waals surface area contributed by atoms with Crippen LogP contribution in [-0.4, -0.2) is 49.8 Å². The molecule has 16 aromatic rings. The molecule has 0 saturated carbocycles. The number of pyridine rings is 4. The third-order valence-electron chi connectivity index (χ3n) is 17.0. The minimum absolute atomic E-state index is 0.747. The Bertz CT molecular complexity index is 5170. The van der Waals surface area contributed by atoms with E-state index in [0.29, 0.717) is 0 Å². The number of aryl methyl sites for hydroxylation is 3. The summed E-state index contributed by atoms with van der Waals surface area (Å²) in [5, 5.41) is 0. The molecule has 0 fully saturated rings. The monoisotopic (exact) mass is 1270 g/mol. The molecule has 0 aliphatic rings. The van der Waals surface area contributed by atoms with Crippen LogP contribution in [0.3, 0.4) is 0 Å². The normalized spacial score (nSPS) is 10.8. The molecule has 0 radical (unpaired) electrons. The lowest BCUT2D eigenvalue weighted by Crippen LogP contribution is -1.95. The van der Waals surface area contributed by atoms with Crippen molar-refractivity contribution in [1.29, 1.82) is 0 Å². The second-order valence-electron chi connectivity index (χ2n) is 23.8. The van der Waals surface area contributed by atoms with Crippen LogP contribution < -0.4 is 0 Å². The van der Waals surface area contributed by atoms with Gasteiger partial charge in [0.05, 0.1) is 34.2 Å². The third-order valence-corrected chi connectivity index (χ3v) is 17.0. The van der Waals surface area contributed by atoms with Crippen molar-refractivity contribution in [3.8, 4) is 145 Å². The molecule has 99 heavy (non-hydrogen) atoms. The molecule has 9 aromatic carbocycles. The fourth-order valence-electron chi connectivity index (χ4n) is 12.0. The van der Waals surface area contributed by atoms with E-state index in [-0.39, 0.29) is 0 Å². The summed E-state index contributed by atoms with van der Waals surface area (Å²) >= 11 is 0. The number of nitrogens with zero attached hydrogens (tertiary/aromatic N) is 10. The molecule has 0 unspecified atom stereocenters. The smallest absolute Gasteiger partial charge is 0.126 e. The highest BCUT2D eigenvalue weighted by Crippen LogP contribution is 2.36. The van der Waals surface area contributed by atoms with Gasteiger partial charge in [-0.25, -0.2) is 29.9 Å². The summed E-state index contributed by atoms with van der Waals surface area (Å²) in [6.07, 6.45) is 14.5. The van der Waals surface area contributed by atoms with E-state index >= 15 is 0 Å². The van der Waals surface area contributed by atoms with Gasteiger partial charge in [0.25, 0.3) is 0 Å². The fourth-order valence-corrected chi connectivity index (χ4v) is 12.0. The Morgan fingerprint density at radius 1 is 0.141 bits per heavy atom. The molecule has 0 spiro atoms. The van der Waals surface area contributed by atoms with Crippen molar-refractivity contribution in [2.75, 3.05) is 0 Å². The number of hydrogen-bond donors (Lipinski definition) is 0. The second-order valence-corrected chi connectivity index (χ2v) is 23.8. The van der Waals surface area contributed by atoms with Gasteiger partial charge in [-0.2, -0.15) is 0 Å². The van der Waals surface area contributed by atoms with E-state index < -0.39 is 0 Å². The van der Waals surface area contributed by atoms with Crippen LogP contribution in [0.25, 0.3) is 145 Å². The third kappa shape index (κ3) is 15.6. The van der Waals surface area contributed by atoms with Crippen LogP contribution in [0.15, 0.2) is 347 Å². The largest absolute Gasteiger partial charge is 0.265 e. The lowest BCUT2D eigenvalue weighted by Gasteiger charge is -2.12. The minimum atomic E-state index is 0.747. The number of aromatic nitrogens is 10. The van der Waals surface area contributed by atoms with Crippen molar-refractivity contribution in [1.82, 2.24) is 49.8 Å². The molecule has 10 nitrogen and oxygen atoms in total. The predicted octanol–water partition coefficient (Wildman–Crippen LogP) is 21.6. The Hall–Kier alpha value is -13.2. The van der Waals surface area contributed by atoms with Gasteiger partial charge >= 0.3 is 0 Å². The van der Waals surface area contributed by atoms with Crippen molar-refractivity contribution < 1.29 is 0 Å². The van der Waals surface area contributed by atoms with Gasteiger partial charge in [0.2, 0.25) is 0 Å². The highest BCUT2D eigenvalue weighted by Gasteiger charge is 2.15. The van der Waals surface area contributed by atoms with Crippen LogP contribution in [0.1, 0.15) is 17.5 Å². The number of rotatable bonds is 13. The first-order valence-corrected chi connectivity index (χ1v) is 32.8. The van der Waals surface area contributed by atoms with Crippen LogP contribution in [-0.2, 0) is 0 Å². The molecular weight excluding hydrogens is 1210 g/mol. The first-order chi connectivity index (χ1) is 48.7. The first kappa shape index (κ1) is 63.2. The maximum atomic E-state index is 4.85. The zero-order valence-corrected chi connectivity index (χ0v) is 54.9. The maximum absolute atomic E-state index is 4.85. The van der Waals surface area contributed by atoms with Gasteiger partial charge in [-0.05, 0) is 190 Å². The summed E-state index contributed by atoms with van der Waals surface area (Å²) in [6, 6.07) is 103. The van der Waals surface area contributed by atoms with Crippen LogP contribution >= 0.6 is 0 Å². The summed E-state index contributed by atoms with van der Waals surface area (Å²) < 4.78 is 0. The molecule has 7 heterocycles. The second kappa shape index (κ2) is 30.1. The van der Waals surface area contributed by atoms with Crippen molar-refractivity contribution in [2.45, 2.75) is 20.8 Å². The van der Waals surface area contributed by atoms with Gasteiger partial charge < -0.3 is 0 Å². The number of benzene rings is 9. The summed E-state index contributed by atoms with van der Waals surface area (Å²) in [6.45, 7) is 5.83. The summed E-state index contributed by atoms with van der Waals surface area (Å²) in [4.78, 5) is 44.7. The Morgan fingerprint density at radius 3 is 0.626 bits per heavy atom. The highest BCUT2D eigenvalue weighted by molar-refractivity contribution is 5.83. The van der Waals surface area contributed by atoms with Crippen LogP contribution in [0.2, 0.25) is 0 Å². The quantitative estimate of drug-likeness (QED) is 0.110. The Kier molecular flexibility index (Phi) is 19.2. The molecular formula is C89H66N10. The lowest BCUT2D eigenvalue weighted by atomic mass is 9.94. The van der Waals surface area contributed by atoms with Gasteiger partial charge in [-0.1, -0.05) is 206 Å². The van der Waals surface area contributed by atoms with E-state index in [9.17, 15) is 0 Å². The maximum Gasteiger partial charge on any atom is 0.126 e. The van der Waals surface area contributed by atoms with Crippen molar-refractivity contribution in [3.05, 3.63) is 364 Å². The molecule has 0 bridgehead atoms. The van der Waals surface area contributed by atoms with E-state index in [1.807, 2.05) is 137 Å². The average Bonchev–Trinajstić information content (AvgIpc) is 0.814.